The third-order valence-corrected chi connectivity index (χ3v) is 5.88. The zero-order chi connectivity index (χ0) is 25.8. The summed E-state index contributed by atoms with van der Waals surface area (Å²) in [5.74, 6) is -1.20. The quantitative estimate of drug-likeness (QED) is 0.298. The second-order valence-electron chi connectivity index (χ2n) is 7.47. The van der Waals surface area contributed by atoms with Crippen molar-refractivity contribution in [2.45, 2.75) is 32.5 Å². The number of pyridine rings is 1. The van der Waals surface area contributed by atoms with Crippen molar-refractivity contribution in [2.75, 3.05) is 16.8 Å². The summed E-state index contributed by atoms with van der Waals surface area (Å²) in [6.45, 7) is 3.30. The number of likely N-dealkylation sites (N-methyl/N-ethyl adjacent to an activating group) is 1. The zero-order valence-electron chi connectivity index (χ0n) is 18.7. The Morgan fingerprint density at radius 3 is 2.34 bits per heavy atom. The van der Waals surface area contributed by atoms with Crippen molar-refractivity contribution in [3.8, 4) is 11.6 Å². The first-order valence-corrected chi connectivity index (χ1v) is 11.4. The highest BCUT2D eigenvalue weighted by molar-refractivity contribution is 6.42. The summed E-state index contributed by atoms with van der Waals surface area (Å²) in [4.78, 5) is 16.9. The molecule has 0 saturated carbocycles. The van der Waals surface area contributed by atoms with Crippen LogP contribution in [0.2, 0.25) is 10.0 Å². The Kier molecular flexibility index (Phi) is 8.34. The van der Waals surface area contributed by atoms with Gasteiger partial charge in [-0.1, -0.05) is 30.1 Å². The number of halogens is 5. The molecule has 0 aliphatic heterocycles. The summed E-state index contributed by atoms with van der Waals surface area (Å²) in [6, 6.07) is 10.5. The number of aromatic nitrogens is 1. The number of hydrogen-bond donors (Lipinski definition) is 2. The minimum atomic E-state index is -4.72. The van der Waals surface area contributed by atoms with E-state index in [0.717, 1.165) is 6.07 Å². The molecule has 1 atom stereocenters. The number of carboxylic acids is 1. The summed E-state index contributed by atoms with van der Waals surface area (Å²) < 4.78 is 47.2. The van der Waals surface area contributed by atoms with Crippen LogP contribution in [0.15, 0.2) is 54.7 Å². The molecule has 0 bridgehead atoms. The van der Waals surface area contributed by atoms with Crippen LogP contribution in [-0.4, -0.2) is 28.6 Å². The number of nitrogens with zero attached hydrogens (tertiary/aromatic N) is 2. The molecule has 1 unspecified atom stereocenters. The molecule has 3 aromatic rings. The van der Waals surface area contributed by atoms with Crippen LogP contribution in [-0.2, 0) is 11.0 Å². The topological polar surface area (TPSA) is 74.7 Å². The van der Waals surface area contributed by atoms with Gasteiger partial charge in [-0.25, -0.2) is 9.78 Å². The third kappa shape index (κ3) is 6.49. The van der Waals surface area contributed by atoms with Crippen LogP contribution in [0.3, 0.4) is 0 Å². The van der Waals surface area contributed by atoms with Crippen LogP contribution in [0.5, 0.6) is 11.6 Å². The molecule has 35 heavy (non-hydrogen) atoms. The van der Waals surface area contributed by atoms with Crippen LogP contribution in [0.1, 0.15) is 25.8 Å². The number of alkyl halides is 3. The van der Waals surface area contributed by atoms with Gasteiger partial charge in [0.15, 0.2) is 0 Å². The minimum absolute atomic E-state index is 0.0786. The summed E-state index contributed by atoms with van der Waals surface area (Å²) in [6.07, 6.45) is -3.13. The van der Waals surface area contributed by atoms with Gasteiger partial charge in [-0.15, -0.1) is 0 Å². The summed E-state index contributed by atoms with van der Waals surface area (Å²) >= 11 is 11.9. The van der Waals surface area contributed by atoms with Crippen molar-refractivity contribution < 1.29 is 27.8 Å². The molecule has 0 saturated heterocycles. The Balaban J connectivity index is 1.83. The fourth-order valence-electron chi connectivity index (χ4n) is 3.52. The molecule has 186 valence electrons. The second kappa shape index (κ2) is 11.0. The predicted octanol–water partition coefficient (Wildman–Crippen LogP) is 7.63. The van der Waals surface area contributed by atoms with E-state index in [1.807, 2.05) is 0 Å². The average Bonchev–Trinajstić information content (AvgIpc) is 2.80. The molecule has 6 nitrogen and oxygen atoms in total. The fourth-order valence-corrected chi connectivity index (χ4v) is 3.82. The molecule has 1 aromatic heterocycles. The van der Waals surface area contributed by atoms with Crippen molar-refractivity contribution in [1.82, 2.24) is 4.98 Å². The van der Waals surface area contributed by atoms with E-state index >= 15 is 0 Å². The molecule has 0 amide bonds. The van der Waals surface area contributed by atoms with Crippen LogP contribution >= 0.6 is 23.2 Å². The highest BCUT2D eigenvalue weighted by Crippen LogP contribution is 2.40. The van der Waals surface area contributed by atoms with E-state index in [2.05, 4.69) is 10.3 Å². The monoisotopic (exact) mass is 527 g/mol. The number of aliphatic carboxylic acids is 1. The largest absolute Gasteiger partial charge is 0.480 e. The van der Waals surface area contributed by atoms with Crippen molar-refractivity contribution in [1.29, 1.82) is 0 Å². The molecule has 0 spiro atoms. The maximum absolute atomic E-state index is 13.9. The molecule has 2 N–H and O–H groups in total. The number of carbonyl (C=O) groups is 1. The van der Waals surface area contributed by atoms with Crippen molar-refractivity contribution in [3.63, 3.8) is 0 Å². The number of nitrogens with one attached hydrogen (secondary N) is 1. The molecular formula is C24H22Cl2F3N3O3. The molecule has 0 radical (unpaired) electrons. The lowest BCUT2D eigenvalue weighted by molar-refractivity contribution is -0.140. The van der Waals surface area contributed by atoms with E-state index in [-0.39, 0.29) is 30.3 Å². The average molecular weight is 528 g/mol. The third-order valence-electron chi connectivity index (χ3n) is 5.14. The standard InChI is InChI=1S/C24H22Cl2F3N3O3/c1-3-20(23(33)34)32(4-2)21-9-7-16(12-17(21)24(27,28)29)35-22-10-6-15(13-30-22)31-14-5-8-18(25)19(26)11-14/h5-13,20,31H,3-4H2,1-2H3,(H,33,34). The van der Waals surface area contributed by atoms with Crippen LogP contribution in [0.25, 0.3) is 0 Å². The highest BCUT2D eigenvalue weighted by atomic mass is 35.5. The lowest BCUT2D eigenvalue weighted by Crippen LogP contribution is -2.41. The van der Waals surface area contributed by atoms with E-state index in [0.29, 0.717) is 21.4 Å². The molecule has 11 heteroatoms. The Hall–Kier alpha value is -3.17. The van der Waals surface area contributed by atoms with Gasteiger partial charge in [0.25, 0.3) is 0 Å². The van der Waals surface area contributed by atoms with Gasteiger partial charge in [-0.3, -0.25) is 0 Å². The van der Waals surface area contributed by atoms with Crippen LogP contribution < -0.4 is 15.0 Å². The van der Waals surface area contributed by atoms with E-state index in [9.17, 15) is 23.1 Å². The SMILES string of the molecule is CCC(C(=O)O)N(CC)c1ccc(Oc2ccc(Nc3ccc(Cl)c(Cl)c3)cn2)cc1C(F)(F)F. The van der Waals surface area contributed by atoms with Gasteiger partial charge >= 0.3 is 12.1 Å². The van der Waals surface area contributed by atoms with Crippen LogP contribution in [0.4, 0.5) is 30.2 Å². The zero-order valence-corrected chi connectivity index (χ0v) is 20.2. The number of rotatable bonds is 9. The van der Waals surface area contributed by atoms with Gasteiger partial charge in [0.05, 0.1) is 27.5 Å². The van der Waals surface area contributed by atoms with Gasteiger partial charge < -0.3 is 20.1 Å². The molecule has 0 fully saturated rings. The summed E-state index contributed by atoms with van der Waals surface area (Å²) in [5.41, 5.74) is 0.0534. The molecule has 2 aromatic carbocycles. The smallest absolute Gasteiger partial charge is 0.418 e. The molecule has 0 aliphatic rings. The van der Waals surface area contributed by atoms with Gasteiger partial charge in [-0.05, 0) is 55.8 Å². The number of benzene rings is 2. The maximum Gasteiger partial charge on any atom is 0.418 e. The van der Waals surface area contributed by atoms with Gasteiger partial charge in [0, 0.05) is 24.0 Å². The number of hydrogen-bond acceptors (Lipinski definition) is 5. The first kappa shape index (κ1) is 26.4. The Morgan fingerprint density at radius 2 is 1.80 bits per heavy atom. The normalized spacial score (nSPS) is 12.2. The van der Waals surface area contributed by atoms with Crippen molar-refractivity contribution >= 4 is 46.2 Å². The van der Waals surface area contributed by atoms with Crippen molar-refractivity contribution in [2.24, 2.45) is 0 Å². The maximum atomic E-state index is 13.9. The Morgan fingerprint density at radius 1 is 1.09 bits per heavy atom. The lowest BCUT2D eigenvalue weighted by atomic mass is 10.1. The summed E-state index contributed by atoms with van der Waals surface area (Å²) in [7, 11) is 0. The molecule has 1 heterocycles. The lowest BCUT2D eigenvalue weighted by Gasteiger charge is -2.31. The fraction of sp³-hybridized carbons (Fsp3) is 0.250. The molecule has 0 aliphatic carbocycles. The first-order valence-electron chi connectivity index (χ1n) is 10.6. The predicted molar refractivity (Wildman–Crippen MR) is 130 cm³/mol. The van der Waals surface area contributed by atoms with E-state index in [1.165, 1.54) is 29.3 Å². The Bertz CT molecular complexity index is 1190. The van der Waals surface area contributed by atoms with Crippen LogP contribution in [0, 0.1) is 0 Å². The molecule has 3 rings (SSSR count). The number of anilines is 3. The van der Waals surface area contributed by atoms with E-state index < -0.39 is 23.8 Å². The Labute approximate surface area is 210 Å². The number of carboxylic acid groups (broad SMARTS) is 1. The minimum Gasteiger partial charge on any atom is -0.480 e. The second-order valence-corrected chi connectivity index (χ2v) is 8.28. The van der Waals surface area contributed by atoms with E-state index in [4.69, 9.17) is 27.9 Å². The first-order chi connectivity index (χ1) is 16.5. The van der Waals surface area contributed by atoms with Gasteiger partial charge in [0.2, 0.25) is 5.88 Å². The van der Waals surface area contributed by atoms with E-state index in [1.54, 1.807) is 38.1 Å². The van der Waals surface area contributed by atoms with Crippen molar-refractivity contribution in [3.05, 3.63) is 70.3 Å². The van der Waals surface area contributed by atoms with Gasteiger partial charge in [0.1, 0.15) is 11.8 Å². The van der Waals surface area contributed by atoms with Gasteiger partial charge in [-0.2, -0.15) is 13.2 Å². The molecular weight excluding hydrogens is 506 g/mol. The summed E-state index contributed by atoms with van der Waals surface area (Å²) in [5, 5.41) is 13.3. The highest BCUT2D eigenvalue weighted by Gasteiger charge is 2.37. The number of ether oxygens (including phenoxy) is 1.